The van der Waals surface area contributed by atoms with Crippen molar-refractivity contribution in [2.75, 3.05) is 17.3 Å². The molecule has 0 saturated carbocycles. The van der Waals surface area contributed by atoms with E-state index in [4.69, 9.17) is 20.8 Å². The van der Waals surface area contributed by atoms with Crippen molar-refractivity contribution < 1.29 is 23.8 Å². The van der Waals surface area contributed by atoms with Gasteiger partial charge < -0.3 is 19.6 Å². The van der Waals surface area contributed by atoms with Gasteiger partial charge in [0.05, 0.1) is 24.5 Å². The van der Waals surface area contributed by atoms with Crippen molar-refractivity contribution in [1.82, 2.24) is 0 Å². The Labute approximate surface area is 212 Å². The van der Waals surface area contributed by atoms with Crippen LogP contribution >= 0.6 is 11.6 Å². The van der Waals surface area contributed by atoms with Gasteiger partial charge in [-0.05, 0) is 66.7 Å². The number of amides is 1. The number of hydrogen-bond donors (Lipinski definition) is 2. The standard InChI is InChI=1S/C28H21ClN2O5/c1-35-22-14-9-17(29)16-21(22)26(32)24-25(23-8-5-15-36-23)31(28(34)27(24)33)20-12-10-19(11-13-20)30-18-6-3-2-4-7-18/h2-16,25,30,32H,1H3/b26-24-. The van der Waals surface area contributed by atoms with Crippen molar-refractivity contribution >= 4 is 46.1 Å². The third-order valence-electron chi connectivity index (χ3n) is 5.88. The van der Waals surface area contributed by atoms with Crippen LogP contribution in [0.4, 0.5) is 17.1 Å². The summed E-state index contributed by atoms with van der Waals surface area (Å²) in [5.41, 5.74) is 2.26. The van der Waals surface area contributed by atoms with Gasteiger partial charge >= 0.3 is 0 Å². The molecule has 8 heteroatoms. The second kappa shape index (κ2) is 9.64. The number of methoxy groups -OCH3 is 1. The summed E-state index contributed by atoms with van der Waals surface area (Å²) in [5.74, 6) is -1.41. The zero-order chi connectivity index (χ0) is 25.2. The number of Topliss-reactive ketones (excluding diaryl/α,β-unsaturated/α-hetero) is 1. The number of nitrogens with one attached hydrogen (secondary N) is 1. The molecule has 4 aromatic rings. The largest absolute Gasteiger partial charge is 0.507 e. The van der Waals surface area contributed by atoms with Crippen molar-refractivity contribution in [2.45, 2.75) is 6.04 Å². The predicted molar refractivity (Wildman–Crippen MR) is 138 cm³/mol. The molecule has 3 aromatic carbocycles. The number of benzene rings is 3. The molecule has 1 atom stereocenters. The number of halogens is 1. The Balaban J connectivity index is 1.59. The van der Waals surface area contributed by atoms with Gasteiger partial charge in [0.25, 0.3) is 11.7 Å². The minimum Gasteiger partial charge on any atom is -0.507 e. The van der Waals surface area contributed by atoms with Crippen LogP contribution in [0.2, 0.25) is 5.02 Å². The summed E-state index contributed by atoms with van der Waals surface area (Å²) in [6, 6.07) is 23.7. The zero-order valence-electron chi connectivity index (χ0n) is 19.1. The van der Waals surface area contributed by atoms with E-state index >= 15 is 0 Å². The van der Waals surface area contributed by atoms with E-state index in [-0.39, 0.29) is 11.1 Å². The first-order valence-corrected chi connectivity index (χ1v) is 11.5. The van der Waals surface area contributed by atoms with Gasteiger partial charge in [0.2, 0.25) is 0 Å². The highest BCUT2D eigenvalue weighted by atomic mass is 35.5. The van der Waals surface area contributed by atoms with Crippen molar-refractivity contribution in [1.29, 1.82) is 0 Å². The van der Waals surface area contributed by atoms with Crippen LogP contribution in [0.1, 0.15) is 17.4 Å². The number of furan rings is 1. The highest BCUT2D eigenvalue weighted by Crippen LogP contribution is 2.44. The third-order valence-corrected chi connectivity index (χ3v) is 6.12. The fourth-order valence-corrected chi connectivity index (χ4v) is 4.39. The number of ketones is 1. The lowest BCUT2D eigenvalue weighted by atomic mass is 9.98. The molecular formula is C28H21ClN2O5. The molecule has 0 radical (unpaired) electrons. The molecule has 180 valence electrons. The molecule has 5 rings (SSSR count). The van der Waals surface area contributed by atoms with Crippen molar-refractivity contribution in [3.63, 3.8) is 0 Å². The van der Waals surface area contributed by atoms with Crippen LogP contribution in [-0.2, 0) is 9.59 Å². The molecule has 1 aliphatic heterocycles. The minimum atomic E-state index is -0.989. The van der Waals surface area contributed by atoms with Gasteiger partial charge in [0.15, 0.2) is 0 Å². The Kier molecular flexibility index (Phi) is 6.23. The maximum absolute atomic E-state index is 13.3. The number of aliphatic hydroxyl groups is 1. The fourth-order valence-electron chi connectivity index (χ4n) is 4.22. The molecule has 1 fully saturated rings. The summed E-state index contributed by atoms with van der Waals surface area (Å²) < 4.78 is 11.0. The van der Waals surface area contributed by atoms with E-state index in [2.05, 4.69) is 5.32 Å². The lowest BCUT2D eigenvalue weighted by Crippen LogP contribution is -2.29. The fraction of sp³-hybridized carbons (Fsp3) is 0.0714. The number of carbonyl (C=O) groups is 2. The number of rotatable bonds is 6. The Hall–Kier alpha value is -4.49. The van der Waals surface area contributed by atoms with Crippen molar-refractivity contribution in [3.05, 3.63) is 113 Å². The van der Waals surface area contributed by atoms with Gasteiger partial charge in [-0.15, -0.1) is 0 Å². The molecule has 1 aliphatic rings. The molecule has 0 bridgehead atoms. The summed E-state index contributed by atoms with van der Waals surface area (Å²) in [7, 11) is 1.44. The number of para-hydroxylation sites is 1. The Bertz CT molecular complexity index is 1450. The second-order valence-electron chi connectivity index (χ2n) is 8.07. The van der Waals surface area contributed by atoms with Crippen LogP contribution in [0.5, 0.6) is 5.75 Å². The van der Waals surface area contributed by atoms with E-state index in [1.54, 1.807) is 48.5 Å². The lowest BCUT2D eigenvalue weighted by Gasteiger charge is -2.24. The quantitative estimate of drug-likeness (QED) is 0.183. The highest BCUT2D eigenvalue weighted by molar-refractivity contribution is 6.51. The number of nitrogens with zero attached hydrogens (tertiary/aromatic N) is 1. The highest BCUT2D eigenvalue weighted by Gasteiger charge is 2.48. The van der Waals surface area contributed by atoms with E-state index in [0.717, 1.165) is 11.4 Å². The molecular weight excluding hydrogens is 480 g/mol. The summed E-state index contributed by atoms with van der Waals surface area (Å²) >= 11 is 6.15. The van der Waals surface area contributed by atoms with Gasteiger partial charge in [-0.25, -0.2) is 0 Å². The molecule has 7 nitrogen and oxygen atoms in total. The monoisotopic (exact) mass is 500 g/mol. The summed E-state index contributed by atoms with van der Waals surface area (Å²) in [6.07, 6.45) is 1.45. The first-order chi connectivity index (χ1) is 17.5. The van der Waals surface area contributed by atoms with E-state index in [9.17, 15) is 14.7 Å². The summed E-state index contributed by atoms with van der Waals surface area (Å²) in [4.78, 5) is 27.9. The van der Waals surface area contributed by atoms with Crippen LogP contribution in [0.15, 0.2) is 101 Å². The molecule has 2 heterocycles. The normalized spacial score (nSPS) is 16.8. The van der Waals surface area contributed by atoms with Crippen LogP contribution in [0.3, 0.4) is 0 Å². The average molecular weight is 501 g/mol. The second-order valence-corrected chi connectivity index (χ2v) is 8.50. The first-order valence-electron chi connectivity index (χ1n) is 11.1. The number of aliphatic hydroxyl groups excluding tert-OH is 1. The Morgan fingerprint density at radius 2 is 1.69 bits per heavy atom. The number of ether oxygens (including phenoxy) is 1. The minimum absolute atomic E-state index is 0.123. The zero-order valence-corrected chi connectivity index (χ0v) is 19.9. The number of carbonyl (C=O) groups excluding carboxylic acids is 2. The molecule has 1 aromatic heterocycles. The smallest absolute Gasteiger partial charge is 0.300 e. The predicted octanol–water partition coefficient (Wildman–Crippen LogP) is 6.31. The number of hydrogen-bond acceptors (Lipinski definition) is 6. The molecule has 1 saturated heterocycles. The van der Waals surface area contributed by atoms with Crippen LogP contribution in [-0.4, -0.2) is 23.9 Å². The van der Waals surface area contributed by atoms with E-state index < -0.39 is 23.5 Å². The summed E-state index contributed by atoms with van der Waals surface area (Å²) in [6.45, 7) is 0. The molecule has 1 unspecified atom stereocenters. The first kappa shape index (κ1) is 23.3. The molecule has 2 N–H and O–H groups in total. The topological polar surface area (TPSA) is 92.0 Å². The van der Waals surface area contributed by atoms with Gasteiger partial charge in [-0.3, -0.25) is 14.5 Å². The van der Waals surface area contributed by atoms with Gasteiger partial charge in [-0.2, -0.15) is 0 Å². The molecule has 1 amide bonds. The van der Waals surface area contributed by atoms with Gasteiger partial charge in [0.1, 0.15) is 23.3 Å². The van der Waals surface area contributed by atoms with Gasteiger partial charge in [-0.1, -0.05) is 29.8 Å². The Morgan fingerprint density at radius 1 is 0.972 bits per heavy atom. The van der Waals surface area contributed by atoms with E-state index in [1.165, 1.54) is 24.3 Å². The summed E-state index contributed by atoms with van der Waals surface area (Å²) in [5, 5.41) is 14.9. The lowest BCUT2D eigenvalue weighted by molar-refractivity contribution is -0.132. The van der Waals surface area contributed by atoms with Gasteiger partial charge in [0, 0.05) is 22.1 Å². The van der Waals surface area contributed by atoms with Crippen LogP contribution < -0.4 is 15.0 Å². The third kappa shape index (κ3) is 4.21. The molecule has 36 heavy (non-hydrogen) atoms. The van der Waals surface area contributed by atoms with Crippen LogP contribution in [0, 0.1) is 0 Å². The molecule has 0 aliphatic carbocycles. The van der Waals surface area contributed by atoms with Crippen LogP contribution in [0.25, 0.3) is 5.76 Å². The average Bonchev–Trinajstić information content (AvgIpc) is 3.52. The SMILES string of the molecule is COc1ccc(Cl)cc1/C(O)=C1/C(=O)C(=O)N(c2ccc(Nc3ccccc3)cc2)C1c1ccco1. The van der Waals surface area contributed by atoms with Crippen molar-refractivity contribution in [2.24, 2.45) is 0 Å². The maximum atomic E-state index is 13.3. The van der Waals surface area contributed by atoms with Crippen molar-refractivity contribution in [3.8, 4) is 5.75 Å². The maximum Gasteiger partial charge on any atom is 0.300 e. The Morgan fingerprint density at radius 3 is 2.36 bits per heavy atom. The van der Waals surface area contributed by atoms with E-state index in [0.29, 0.717) is 22.2 Å². The molecule has 0 spiro atoms. The number of anilines is 3. The van der Waals surface area contributed by atoms with E-state index in [1.807, 2.05) is 30.3 Å².